The maximum Gasteiger partial charge on any atom is 0.283 e. The predicted molar refractivity (Wildman–Crippen MR) is 103 cm³/mol. The number of hydrogen-bond donors (Lipinski definition) is 2. The van der Waals surface area contributed by atoms with Crippen LogP contribution in [0.25, 0.3) is 10.9 Å². The minimum Gasteiger partial charge on any atom is -0.366 e. The molecular weight excluding hydrogens is 368 g/mol. The average Bonchev–Trinajstić information content (AvgIpc) is 2.66. The number of nitrogens with two attached hydrogens (primary N) is 1. The van der Waals surface area contributed by atoms with Gasteiger partial charge in [0, 0.05) is 23.2 Å². The lowest BCUT2D eigenvalue weighted by Crippen LogP contribution is -2.14. The summed E-state index contributed by atoms with van der Waals surface area (Å²) >= 11 is 1.01. The summed E-state index contributed by atoms with van der Waals surface area (Å²) in [6.07, 6.45) is 1.67. The number of thioether (sulfide) groups is 1. The molecule has 0 aliphatic carbocycles. The Kier molecular flexibility index (Phi) is 5.32. The Bertz CT molecular complexity index is 1050. The number of benzene rings is 2. The van der Waals surface area contributed by atoms with E-state index in [4.69, 9.17) is 5.73 Å². The zero-order valence-corrected chi connectivity index (χ0v) is 14.7. The van der Waals surface area contributed by atoms with Gasteiger partial charge in [0.1, 0.15) is 0 Å². The van der Waals surface area contributed by atoms with Crippen molar-refractivity contribution in [3.05, 3.63) is 70.4 Å². The normalized spacial score (nSPS) is 10.5. The second-order valence-corrected chi connectivity index (χ2v) is 6.53. The number of nitro groups is 1. The average molecular weight is 382 g/mol. The first kappa shape index (κ1) is 18.3. The number of hydrogen-bond acceptors (Lipinski definition) is 6. The van der Waals surface area contributed by atoms with Gasteiger partial charge >= 0.3 is 0 Å². The van der Waals surface area contributed by atoms with Crippen molar-refractivity contribution in [2.75, 3.05) is 11.1 Å². The molecule has 0 unspecified atom stereocenters. The van der Waals surface area contributed by atoms with Crippen LogP contribution in [0, 0.1) is 10.1 Å². The summed E-state index contributed by atoms with van der Waals surface area (Å²) in [5.74, 6) is -1.10. The van der Waals surface area contributed by atoms with Crippen molar-refractivity contribution < 1.29 is 14.5 Å². The zero-order valence-electron chi connectivity index (χ0n) is 13.9. The molecule has 136 valence electrons. The summed E-state index contributed by atoms with van der Waals surface area (Å²) in [6.45, 7) is 0. The van der Waals surface area contributed by atoms with Gasteiger partial charge in [-0.25, -0.2) is 0 Å². The van der Waals surface area contributed by atoms with E-state index in [1.165, 1.54) is 12.1 Å². The van der Waals surface area contributed by atoms with Crippen LogP contribution in [0.4, 0.5) is 11.4 Å². The molecule has 0 aliphatic heterocycles. The number of fused-ring (bicyclic) bond motifs is 1. The van der Waals surface area contributed by atoms with E-state index in [2.05, 4.69) is 10.3 Å². The number of nitro benzene ring substituents is 1. The van der Waals surface area contributed by atoms with Crippen LogP contribution in [0.2, 0.25) is 0 Å². The van der Waals surface area contributed by atoms with E-state index in [0.29, 0.717) is 5.69 Å². The fourth-order valence-corrected chi connectivity index (χ4v) is 3.28. The summed E-state index contributed by atoms with van der Waals surface area (Å²) in [4.78, 5) is 38.6. The number of rotatable bonds is 6. The SMILES string of the molecule is NC(=O)c1ccc(SCC(=O)Nc2cccc3ncccc23)c([N+](=O)[O-])c1. The second kappa shape index (κ2) is 7.83. The van der Waals surface area contributed by atoms with Crippen molar-refractivity contribution in [1.29, 1.82) is 0 Å². The van der Waals surface area contributed by atoms with Gasteiger partial charge in [-0.2, -0.15) is 0 Å². The molecule has 9 heteroatoms. The first-order valence-corrected chi connectivity index (χ1v) is 8.79. The third kappa shape index (κ3) is 4.21. The monoisotopic (exact) mass is 382 g/mol. The van der Waals surface area contributed by atoms with Crippen LogP contribution >= 0.6 is 11.8 Å². The van der Waals surface area contributed by atoms with Gasteiger partial charge in [-0.15, -0.1) is 11.8 Å². The predicted octanol–water partition coefficient (Wildman–Crippen LogP) is 2.97. The Balaban J connectivity index is 1.74. The number of nitrogens with one attached hydrogen (secondary N) is 1. The molecule has 0 fully saturated rings. The van der Waals surface area contributed by atoms with Crippen LogP contribution in [0.5, 0.6) is 0 Å². The fourth-order valence-electron chi connectivity index (χ4n) is 2.48. The number of primary amides is 1. The molecule has 3 N–H and O–H groups in total. The largest absolute Gasteiger partial charge is 0.366 e. The summed E-state index contributed by atoms with van der Waals surface area (Å²) in [5.41, 5.74) is 6.29. The van der Waals surface area contributed by atoms with Gasteiger partial charge in [-0.1, -0.05) is 6.07 Å². The summed E-state index contributed by atoms with van der Waals surface area (Å²) in [5, 5.41) is 14.8. The van der Waals surface area contributed by atoms with Crippen LogP contribution in [-0.2, 0) is 4.79 Å². The molecule has 2 aromatic carbocycles. The molecular formula is C18H14N4O4S. The van der Waals surface area contributed by atoms with E-state index < -0.39 is 10.8 Å². The first-order valence-electron chi connectivity index (χ1n) is 7.80. The molecule has 1 aromatic heterocycles. The molecule has 0 bridgehead atoms. The lowest BCUT2D eigenvalue weighted by molar-refractivity contribution is -0.387. The fraction of sp³-hybridized carbons (Fsp3) is 0.0556. The number of carbonyl (C=O) groups excluding carboxylic acids is 2. The molecule has 3 rings (SSSR count). The van der Waals surface area contributed by atoms with Gasteiger partial charge in [0.2, 0.25) is 11.8 Å². The molecule has 2 amide bonds. The number of anilines is 1. The number of amides is 2. The maximum absolute atomic E-state index is 12.3. The van der Waals surface area contributed by atoms with Gasteiger partial charge < -0.3 is 11.1 Å². The highest BCUT2D eigenvalue weighted by atomic mass is 32.2. The van der Waals surface area contributed by atoms with Gasteiger partial charge in [0.05, 0.1) is 26.8 Å². The molecule has 0 radical (unpaired) electrons. The highest BCUT2D eigenvalue weighted by Crippen LogP contribution is 2.30. The standard InChI is InChI=1S/C18H14N4O4S/c19-18(24)11-6-7-16(15(9-11)22(25)26)27-10-17(23)21-14-5-1-4-13-12(14)3-2-8-20-13/h1-9H,10H2,(H2,19,24)(H,21,23). The van der Waals surface area contributed by atoms with Crippen molar-refractivity contribution in [3.8, 4) is 0 Å². The zero-order chi connectivity index (χ0) is 19.4. The van der Waals surface area contributed by atoms with Crippen LogP contribution in [0.1, 0.15) is 10.4 Å². The molecule has 0 saturated heterocycles. The Labute approximate surface area is 157 Å². The molecule has 0 atom stereocenters. The molecule has 0 aliphatic rings. The summed E-state index contributed by atoms with van der Waals surface area (Å²) in [6, 6.07) is 12.9. The third-order valence-electron chi connectivity index (χ3n) is 3.72. The summed E-state index contributed by atoms with van der Waals surface area (Å²) in [7, 11) is 0. The van der Waals surface area contributed by atoms with E-state index in [-0.39, 0.29) is 27.8 Å². The maximum atomic E-state index is 12.3. The smallest absolute Gasteiger partial charge is 0.283 e. The van der Waals surface area contributed by atoms with E-state index in [0.717, 1.165) is 28.7 Å². The van der Waals surface area contributed by atoms with Gasteiger partial charge in [0.15, 0.2) is 0 Å². The van der Waals surface area contributed by atoms with Crippen LogP contribution in [-0.4, -0.2) is 27.5 Å². The number of carbonyl (C=O) groups is 2. The van der Waals surface area contributed by atoms with E-state index >= 15 is 0 Å². The lowest BCUT2D eigenvalue weighted by Gasteiger charge is -2.08. The number of aromatic nitrogens is 1. The van der Waals surface area contributed by atoms with Gasteiger partial charge in [-0.05, 0) is 36.4 Å². The van der Waals surface area contributed by atoms with E-state index in [9.17, 15) is 19.7 Å². The van der Waals surface area contributed by atoms with Crippen molar-refractivity contribution in [2.45, 2.75) is 4.90 Å². The highest BCUT2D eigenvalue weighted by Gasteiger charge is 2.18. The number of pyridine rings is 1. The molecule has 3 aromatic rings. The van der Waals surface area contributed by atoms with Crippen LogP contribution in [0.3, 0.4) is 0 Å². The Morgan fingerprint density at radius 2 is 2.00 bits per heavy atom. The summed E-state index contributed by atoms with van der Waals surface area (Å²) < 4.78 is 0. The Morgan fingerprint density at radius 1 is 1.19 bits per heavy atom. The van der Waals surface area contributed by atoms with Crippen molar-refractivity contribution in [1.82, 2.24) is 4.98 Å². The lowest BCUT2D eigenvalue weighted by atomic mass is 10.2. The van der Waals surface area contributed by atoms with Crippen LogP contribution < -0.4 is 11.1 Å². The molecule has 0 saturated carbocycles. The molecule has 27 heavy (non-hydrogen) atoms. The Hall–Kier alpha value is -3.46. The van der Waals surface area contributed by atoms with Crippen molar-refractivity contribution in [2.24, 2.45) is 5.73 Å². The molecule has 1 heterocycles. The number of nitrogens with zero attached hydrogens (tertiary/aromatic N) is 2. The Morgan fingerprint density at radius 3 is 2.74 bits per heavy atom. The van der Waals surface area contributed by atoms with Gasteiger partial charge in [0.25, 0.3) is 5.69 Å². The van der Waals surface area contributed by atoms with Crippen LogP contribution in [0.15, 0.2) is 59.6 Å². The topological polar surface area (TPSA) is 128 Å². The third-order valence-corrected chi connectivity index (χ3v) is 4.78. The molecule has 0 spiro atoms. The second-order valence-electron chi connectivity index (χ2n) is 5.52. The van der Waals surface area contributed by atoms with E-state index in [1.54, 1.807) is 24.4 Å². The highest BCUT2D eigenvalue weighted by molar-refractivity contribution is 8.00. The minimum atomic E-state index is -0.753. The van der Waals surface area contributed by atoms with Crippen molar-refractivity contribution in [3.63, 3.8) is 0 Å². The first-order chi connectivity index (χ1) is 13.0. The molecule has 8 nitrogen and oxygen atoms in total. The van der Waals surface area contributed by atoms with Gasteiger partial charge in [-0.3, -0.25) is 24.7 Å². The van der Waals surface area contributed by atoms with Crippen molar-refractivity contribution >= 4 is 45.9 Å². The quantitative estimate of drug-likeness (QED) is 0.383. The minimum absolute atomic E-state index is 0.0343. The van der Waals surface area contributed by atoms with E-state index in [1.807, 2.05) is 12.1 Å².